The number of methoxy groups -OCH3 is 1. The normalized spacial score (nSPS) is 10.6. The van der Waals surface area contributed by atoms with Crippen molar-refractivity contribution in [3.8, 4) is 28.4 Å². The molecule has 0 N–H and O–H groups in total. The van der Waals surface area contributed by atoms with Gasteiger partial charge in [0.2, 0.25) is 0 Å². The molecule has 2 aromatic rings. The zero-order valence-electron chi connectivity index (χ0n) is 18.0. The molecule has 0 heterocycles. The fourth-order valence-electron chi connectivity index (χ4n) is 3.14. The fraction of sp³-hybridized carbons (Fsp3) is 0.375. The molecule has 0 unspecified atom stereocenters. The molecule has 5 nitrogen and oxygen atoms in total. The van der Waals surface area contributed by atoms with Crippen LogP contribution in [0.5, 0.6) is 17.2 Å². The van der Waals surface area contributed by atoms with Crippen LogP contribution in [0.2, 0.25) is 0 Å². The Morgan fingerprint density at radius 2 is 1.86 bits per heavy atom. The Labute approximate surface area is 173 Å². The average molecular weight is 398 g/mol. The van der Waals surface area contributed by atoms with Crippen molar-refractivity contribution < 1.29 is 19.0 Å². The molecule has 156 valence electrons. The van der Waals surface area contributed by atoms with Crippen LogP contribution in [0, 0.1) is 0 Å². The summed E-state index contributed by atoms with van der Waals surface area (Å²) in [5, 5.41) is 0. The van der Waals surface area contributed by atoms with Gasteiger partial charge in [-0.15, -0.1) is 0 Å². The van der Waals surface area contributed by atoms with Gasteiger partial charge >= 0.3 is 0 Å². The standard InChI is InChI=1S/C24H31NO4/c1-7-15-28-18-13-14-19(22(16-18)27-6)23-20(24(26)25(8-2)9-3)11-10-12-21(23)29-17(4)5/h7,10-14,16-17H,1,8-9,15H2,2-6H3. The quantitative estimate of drug-likeness (QED) is 0.517. The predicted molar refractivity (Wildman–Crippen MR) is 117 cm³/mol. The third-order valence-corrected chi connectivity index (χ3v) is 4.48. The van der Waals surface area contributed by atoms with Gasteiger partial charge < -0.3 is 19.1 Å². The van der Waals surface area contributed by atoms with Gasteiger partial charge in [0, 0.05) is 30.3 Å². The third-order valence-electron chi connectivity index (χ3n) is 4.48. The Morgan fingerprint density at radius 3 is 2.45 bits per heavy atom. The van der Waals surface area contributed by atoms with Crippen molar-refractivity contribution in [1.29, 1.82) is 0 Å². The van der Waals surface area contributed by atoms with Crippen molar-refractivity contribution in [2.45, 2.75) is 33.8 Å². The van der Waals surface area contributed by atoms with E-state index in [4.69, 9.17) is 14.2 Å². The summed E-state index contributed by atoms with van der Waals surface area (Å²) in [7, 11) is 1.61. The number of amides is 1. The minimum atomic E-state index is -0.0340. The largest absolute Gasteiger partial charge is 0.496 e. The molecule has 1 amide bonds. The van der Waals surface area contributed by atoms with Gasteiger partial charge in [0.05, 0.1) is 18.8 Å². The van der Waals surface area contributed by atoms with E-state index in [1.807, 2.05) is 64.1 Å². The molecule has 0 saturated heterocycles. The summed E-state index contributed by atoms with van der Waals surface area (Å²) in [6.07, 6.45) is 1.65. The number of ether oxygens (including phenoxy) is 3. The Balaban J connectivity index is 2.68. The van der Waals surface area contributed by atoms with E-state index in [-0.39, 0.29) is 12.0 Å². The molecule has 0 aliphatic rings. The second-order valence-electron chi connectivity index (χ2n) is 6.78. The molecule has 0 spiro atoms. The Hall–Kier alpha value is -2.95. The van der Waals surface area contributed by atoms with Crippen LogP contribution < -0.4 is 14.2 Å². The summed E-state index contributed by atoms with van der Waals surface area (Å²) in [5.74, 6) is 1.90. The highest BCUT2D eigenvalue weighted by Gasteiger charge is 2.23. The van der Waals surface area contributed by atoms with Crippen molar-refractivity contribution in [2.75, 3.05) is 26.8 Å². The molecular weight excluding hydrogens is 366 g/mol. The third kappa shape index (κ3) is 5.31. The average Bonchev–Trinajstić information content (AvgIpc) is 2.72. The van der Waals surface area contributed by atoms with Gasteiger partial charge in [-0.1, -0.05) is 18.7 Å². The molecule has 0 radical (unpaired) electrons. The van der Waals surface area contributed by atoms with E-state index in [1.54, 1.807) is 18.1 Å². The molecule has 2 aromatic carbocycles. The predicted octanol–water partition coefficient (Wildman–Crippen LogP) is 5.20. The van der Waals surface area contributed by atoms with E-state index in [0.29, 0.717) is 42.5 Å². The SMILES string of the molecule is C=CCOc1ccc(-c2c(OC(C)C)cccc2C(=O)N(CC)CC)c(OC)c1. The second kappa shape index (κ2) is 10.6. The Morgan fingerprint density at radius 1 is 1.14 bits per heavy atom. The van der Waals surface area contributed by atoms with Crippen LogP contribution in [0.4, 0.5) is 0 Å². The number of hydrogen-bond donors (Lipinski definition) is 0. The van der Waals surface area contributed by atoms with Crippen LogP contribution in [0.1, 0.15) is 38.1 Å². The van der Waals surface area contributed by atoms with E-state index < -0.39 is 0 Å². The minimum Gasteiger partial charge on any atom is -0.496 e. The fourth-order valence-corrected chi connectivity index (χ4v) is 3.14. The highest BCUT2D eigenvalue weighted by molar-refractivity contribution is 6.03. The van der Waals surface area contributed by atoms with Crippen molar-refractivity contribution in [2.24, 2.45) is 0 Å². The molecule has 0 atom stereocenters. The summed E-state index contributed by atoms with van der Waals surface area (Å²) in [6.45, 7) is 13.2. The summed E-state index contributed by atoms with van der Waals surface area (Å²) < 4.78 is 17.3. The first-order chi connectivity index (χ1) is 14.0. The van der Waals surface area contributed by atoms with Crippen LogP contribution in [-0.2, 0) is 0 Å². The number of nitrogens with zero attached hydrogens (tertiary/aromatic N) is 1. The van der Waals surface area contributed by atoms with E-state index in [1.165, 1.54) is 0 Å². The van der Waals surface area contributed by atoms with E-state index in [0.717, 1.165) is 11.1 Å². The van der Waals surface area contributed by atoms with Crippen molar-refractivity contribution in [1.82, 2.24) is 4.90 Å². The number of carbonyl (C=O) groups is 1. The number of carbonyl (C=O) groups excluding carboxylic acids is 1. The smallest absolute Gasteiger partial charge is 0.254 e. The summed E-state index contributed by atoms with van der Waals surface area (Å²) in [4.78, 5) is 15.0. The van der Waals surface area contributed by atoms with Crippen molar-refractivity contribution >= 4 is 5.91 Å². The molecule has 2 rings (SSSR count). The first-order valence-electron chi connectivity index (χ1n) is 9.97. The van der Waals surface area contributed by atoms with Gasteiger partial charge in [-0.25, -0.2) is 0 Å². The zero-order valence-corrected chi connectivity index (χ0v) is 18.0. The van der Waals surface area contributed by atoms with Gasteiger partial charge in [0.1, 0.15) is 23.9 Å². The van der Waals surface area contributed by atoms with Gasteiger partial charge in [0.15, 0.2) is 0 Å². The maximum atomic E-state index is 13.2. The van der Waals surface area contributed by atoms with Gasteiger partial charge in [-0.05, 0) is 52.0 Å². The van der Waals surface area contributed by atoms with Crippen LogP contribution >= 0.6 is 0 Å². The van der Waals surface area contributed by atoms with E-state index >= 15 is 0 Å². The zero-order chi connectivity index (χ0) is 21.4. The van der Waals surface area contributed by atoms with Crippen LogP contribution in [0.25, 0.3) is 11.1 Å². The molecule has 0 fully saturated rings. The van der Waals surface area contributed by atoms with E-state index in [9.17, 15) is 4.79 Å². The summed E-state index contributed by atoms with van der Waals surface area (Å²) in [5.41, 5.74) is 2.10. The first kappa shape index (κ1) is 22.3. The highest BCUT2D eigenvalue weighted by atomic mass is 16.5. The van der Waals surface area contributed by atoms with Crippen molar-refractivity contribution in [3.63, 3.8) is 0 Å². The Bertz CT molecular complexity index is 841. The first-order valence-corrected chi connectivity index (χ1v) is 9.97. The maximum absolute atomic E-state index is 13.2. The van der Waals surface area contributed by atoms with Gasteiger partial charge in [0.25, 0.3) is 5.91 Å². The van der Waals surface area contributed by atoms with Crippen LogP contribution in [-0.4, -0.2) is 43.7 Å². The molecular formula is C24H31NO4. The Kier molecular flexibility index (Phi) is 8.13. The van der Waals surface area contributed by atoms with Gasteiger partial charge in [-0.2, -0.15) is 0 Å². The van der Waals surface area contributed by atoms with Gasteiger partial charge in [-0.3, -0.25) is 4.79 Å². The molecule has 5 heteroatoms. The summed E-state index contributed by atoms with van der Waals surface area (Å²) in [6, 6.07) is 11.2. The lowest BCUT2D eigenvalue weighted by Crippen LogP contribution is -2.31. The monoisotopic (exact) mass is 397 g/mol. The van der Waals surface area contributed by atoms with Crippen LogP contribution in [0.3, 0.4) is 0 Å². The summed E-state index contributed by atoms with van der Waals surface area (Å²) >= 11 is 0. The molecule has 0 aromatic heterocycles. The second-order valence-corrected chi connectivity index (χ2v) is 6.78. The number of benzene rings is 2. The van der Waals surface area contributed by atoms with Crippen LogP contribution in [0.15, 0.2) is 49.1 Å². The lowest BCUT2D eigenvalue weighted by Gasteiger charge is -2.23. The molecule has 0 bridgehead atoms. The van der Waals surface area contributed by atoms with E-state index in [2.05, 4.69) is 6.58 Å². The topological polar surface area (TPSA) is 48.0 Å². The molecule has 29 heavy (non-hydrogen) atoms. The minimum absolute atomic E-state index is 0.0336. The lowest BCUT2D eigenvalue weighted by molar-refractivity contribution is 0.0773. The molecule has 0 aliphatic heterocycles. The molecule has 0 aliphatic carbocycles. The number of rotatable bonds is 10. The lowest BCUT2D eigenvalue weighted by atomic mass is 9.96. The van der Waals surface area contributed by atoms with Crippen molar-refractivity contribution in [3.05, 3.63) is 54.6 Å². The highest BCUT2D eigenvalue weighted by Crippen LogP contribution is 2.41. The maximum Gasteiger partial charge on any atom is 0.254 e. The molecule has 0 saturated carbocycles. The number of hydrogen-bond acceptors (Lipinski definition) is 4.